The van der Waals surface area contributed by atoms with Gasteiger partial charge in [-0.15, -0.1) is 0 Å². The lowest BCUT2D eigenvalue weighted by atomic mass is 9.90. The lowest BCUT2D eigenvalue weighted by molar-refractivity contribution is 0.176. The van der Waals surface area contributed by atoms with Gasteiger partial charge in [0.25, 0.3) is 0 Å². The molecule has 0 radical (unpaired) electrons. The zero-order valence-corrected chi connectivity index (χ0v) is 13.1. The van der Waals surface area contributed by atoms with Crippen LogP contribution in [0.15, 0.2) is 30.3 Å². The molecule has 2 rings (SSSR count). The molecule has 0 bridgehead atoms. The Kier molecular flexibility index (Phi) is 4.29. The van der Waals surface area contributed by atoms with Gasteiger partial charge >= 0.3 is 0 Å². The fraction of sp³-hybridized carbons (Fsp3) is 0.368. The molecule has 0 aliphatic carbocycles. The summed E-state index contributed by atoms with van der Waals surface area (Å²) in [5.74, 6) is 0. The quantitative estimate of drug-likeness (QED) is 0.868. The molecular formula is C19H24O. The van der Waals surface area contributed by atoms with Gasteiger partial charge in [0.15, 0.2) is 0 Å². The number of hydrogen-bond donors (Lipinski definition) is 1. The van der Waals surface area contributed by atoms with Gasteiger partial charge in [0, 0.05) is 6.42 Å². The lowest BCUT2D eigenvalue weighted by Crippen LogP contribution is -2.08. The number of aryl methyl sites for hydroxylation is 5. The molecule has 0 fully saturated rings. The second-order valence-electron chi connectivity index (χ2n) is 5.90. The highest BCUT2D eigenvalue weighted by atomic mass is 16.3. The standard InChI is InChI=1S/C19H24O/c1-12-9-15(4)17(16(5)10-12)11-18(20)19-13(2)7-6-8-14(19)3/h6-10,18,20H,11H2,1-5H3. The minimum Gasteiger partial charge on any atom is -0.388 e. The van der Waals surface area contributed by atoms with Gasteiger partial charge in [0.1, 0.15) is 0 Å². The van der Waals surface area contributed by atoms with Gasteiger partial charge in [-0.1, -0.05) is 35.9 Å². The first-order valence-electron chi connectivity index (χ1n) is 7.21. The van der Waals surface area contributed by atoms with E-state index in [4.69, 9.17) is 0 Å². The van der Waals surface area contributed by atoms with E-state index in [1.165, 1.54) is 33.4 Å². The Morgan fingerprint density at radius 3 is 1.85 bits per heavy atom. The smallest absolute Gasteiger partial charge is 0.0835 e. The number of hydrogen-bond acceptors (Lipinski definition) is 1. The lowest BCUT2D eigenvalue weighted by Gasteiger charge is -2.19. The molecule has 0 saturated carbocycles. The molecule has 1 heteroatoms. The number of benzene rings is 2. The third-order valence-corrected chi connectivity index (χ3v) is 4.11. The number of rotatable bonds is 3. The summed E-state index contributed by atoms with van der Waals surface area (Å²) >= 11 is 0. The molecule has 0 aliphatic rings. The van der Waals surface area contributed by atoms with Crippen molar-refractivity contribution in [2.75, 3.05) is 0 Å². The Morgan fingerprint density at radius 2 is 1.35 bits per heavy atom. The maximum absolute atomic E-state index is 10.7. The van der Waals surface area contributed by atoms with Crippen LogP contribution in [0.2, 0.25) is 0 Å². The second-order valence-corrected chi connectivity index (χ2v) is 5.90. The van der Waals surface area contributed by atoms with Crippen molar-refractivity contribution < 1.29 is 5.11 Å². The first kappa shape index (κ1) is 14.8. The predicted octanol–water partition coefficient (Wildman–Crippen LogP) is 4.50. The average molecular weight is 268 g/mol. The van der Waals surface area contributed by atoms with Crippen molar-refractivity contribution in [1.82, 2.24) is 0 Å². The van der Waals surface area contributed by atoms with E-state index in [2.05, 4.69) is 58.9 Å². The van der Waals surface area contributed by atoms with Crippen molar-refractivity contribution in [3.05, 3.63) is 69.3 Å². The molecule has 2 aromatic rings. The third-order valence-electron chi connectivity index (χ3n) is 4.11. The van der Waals surface area contributed by atoms with Gasteiger partial charge in [-0.3, -0.25) is 0 Å². The zero-order chi connectivity index (χ0) is 14.9. The van der Waals surface area contributed by atoms with E-state index in [0.717, 1.165) is 5.56 Å². The highest BCUT2D eigenvalue weighted by Crippen LogP contribution is 2.27. The summed E-state index contributed by atoms with van der Waals surface area (Å²) in [6.07, 6.45) is 0.250. The van der Waals surface area contributed by atoms with Crippen LogP contribution in [0.1, 0.15) is 45.0 Å². The number of aliphatic hydroxyl groups is 1. The average Bonchev–Trinajstić information content (AvgIpc) is 2.33. The van der Waals surface area contributed by atoms with E-state index in [-0.39, 0.29) is 0 Å². The van der Waals surface area contributed by atoms with Crippen molar-refractivity contribution in [1.29, 1.82) is 0 Å². The summed E-state index contributed by atoms with van der Waals surface area (Å²) in [7, 11) is 0. The third kappa shape index (κ3) is 2.94. The van der Waals surface area contributed by atoms with E-state index >= 15 is 0 Å². The van der Waals surface area contributed by atoms with Crippen LogP contribution >= 0.6 is 0 Å². The van der Waals surface area contributed by atoms with E-state index in [1.807, 2.05) is 6.07 Å². The van der Waals surface area contributed by atoms with Crippen LogP contribution < -0.4 is 0 Å². The molecule has 0 amide bonds. The van der Waals surface area contributed by atoms with Crippen LogP contribution in [0, 0.1) is 34.6 Å². The Hall–Kier alpha value is -1.60. The van der Waals surface area contributed by atoms with Crippen LogP contribution in [-0.2, 0) is 6.42 Å². The first-order valence-corrected chi connectivity index (χ1v) is 7.21. The second kappa shape index (κ2) is 5.80. The van der Waals surface area contributed by atoms with Crippen LogP contribution in [0.5, 0.6) is 0 Å². The van der Waals surface area contributed by atoms with E-state index in [9.17, 15) is 5.11 Å². The van der Waals surface area contributed by atoms with Crippen molar-refractivity contribution >= 4 is 0 Å². The molecule has 1 atom stereocenters. The molecule has 0 aliphatic heterocycles. The van der Waals surface area contributed by atoms with Crippen LogP contribution in [0.3, 0.4) is 0 Å². The monoisotopic (exact) mass is 268 g/mol. The van der Waals surface area contributed by atoms with E-state index < -0.39 is 6.10 Å². The molecule has 1 N–H and O–H groups in total. The molecule has 0 heterocycles. The van der Waals surface area contributed by atoms with Crippen molar-refractivity contribution in [2.45, 2.75) is 47.1 Å². The molecule has 20 heavy (non-hydrogen) atoms. The first-order chi connectivity index (χ1) is 9.40. The summed E-state index contributed by atoms with van der Waals surface area (Å²) in [5.41, 5.74) is 8.50. The summed E-state index contributed by atoms with van der Waals surface area (Å²) < 4.78 is 0. The summed E-state index contributed by atoms with van der Waals surface area (Å²) in [4.78, 5) is 0. The van der Waals surface area contributed by atoms with Gasteiger partial charge < -0.3 is 5.11 Å². The van der Waals surface area contributed by atoms with Gasteiger partial charge in [-0.25, -0.2) is 0 Å². The molecular weight excluding hydrogens is 244 g/mol. The highest BCUT2D eigenvalue weighted by molar-refractivity contribution is 5.41. The fourth-order valence-electron chi connectivity index (χ4n) is 3.18. The maximum atomic E-state index is 10.7. The molecule has 1 nitrogen and oxygen atoms in total. The largest absolute Gasteiger partial charge is 0.388 e. The molecule has 2 aromatic carbocycles. The van der Waals surface area contributed by atoms with Gasteiger partial charge in [0.2, 0.25) is 0 Å². The maximum Gasteiger partial charge on any atom is 0.0835 e. The van der Waals surface area contributed by atoms with Gasteiger partial charge in [-0.05, 0) is 68.0 Å². The predicted molar refractivity (Wildman–Crippen MR) is 85.2 cm³/mol. The van der Waals surface area contributed by atoms with E-state index in [0.29, 0.717) is 6.42 Å². The Labute approximate surface area is 122 Å². The minimum absolute atomic E-state index is 0.434. The topological polar surface area (TPSA) is 20.2 Å². The molecule has 0 saturated heterocycles. The molecule has 1 unspecified atom stereocenters. The molecule has 0 aromatic heterocycles. The van der Waals surface area contributed by atoms with Crippen LogP contribution in [0.25, 0.3) is 0 Å². The van der Waals surface area contributed by atoms with Crippen LogP contribution in [-0.4, -0.2) is 5.11 Å². The van der Waals surface area contributed by atoms with Crippen LogP contribution in [0.4, 0.5) is 0 Å². The van der Waals surface area contributed by atoms with Gasteiger partial charge in [-0.2, -0.15) is 0 Å². The Bertz CT molecular complexity index is 582. The summed E-state index contributed by atoms with van der Waals surface area (Å²) in [5, 5.41) is 10.7. The number of aliphatic hydroxyl groups excluding tert-OH is 1. The molecule has 106 valence electrons. The normalized spacial score (nSPS) is 12.5. The van der Waals surface area contributed by atoms with Crippen molar-refractivity contribution in [3.63, 3.8) is 0 Å². The van der Waals surface area contributed by atoms with Crippen molar-refractivity contribution in [3.8, 4) is 0 Å². The van der Waals surface area contributed by atoms with E-state index in [1.54, 1.807) is 0 Å². The van der Waals surface area contributed by atoms with Crippen molar-refractivity contribution in [2.24, 2.45) is 0 Å². The minimum atomic E-state index is -0.434. The molecule has 0 spiro atoms. The zero-order valence-electron chi connectivity index (χ0n) is 13.1. The Balaban J connectivity index is 2.35. The summed E-state index contributed by atoms with van der Waals surface area (Å²) in [6, 6.07) is 10.6. The Morgan fingerprint density at radius 1 is 0.850 bits per heavy atom. The summed E-state index contributed by atoms with van der Waals surface area (Å²) in [6.45, 7) is 10.5. The van der Waals surface area contributed by atoms with Gasteiger partial charge in [0.05, 0.1) is 6.10 Å². The highest BCUT2D eigenvalue weighted by Gasteiger charge is 2.16. The SMILES string of the molecule is Cc1cc(C)c(CC(O)c2c(C)cccc2C)c(C)c1. The fourth-order valence-corrected chi connectivity index (χ4v) is 3.18.